The molecule has 0 bridgehead atoms. The van der Waals surface area contributed by atoms with Crippen molar-refractivity contribution >= 4 is 5.91 Å². The lowest BCUT2D eigenvalue weighted by Gasteiger charge is -2.21. The predicted molar refractivity (Wildman–Crippen MR) is 105 cm³/mol. The van der Waals surface area contributed by atoms with E-state index in [0.717, 1.165) is 37.1 Å². The number of nitrogens with one attached hydrogen (secondary N) is 2. The summed E-state index contributed by atoms with van der Waals surface area (Å²) in [5.41, 5.74) is 8.13. The van der Waals surface area contributed by atoms with Gasteiger partial charge < -0.3 is 25.8 Å². The fourth-order valence-electron chi connectivity index (χ4n) is 2.96. The van der Waals surface area contributed by atoms with Crippen molar-refractivity contribution in [1.82, 2.24) is 10.6 Å². The van der Waals surface area contributed by atoms with Crippen LogP contribution in [0.25, 0.3) is 0 Å². The average Bonchev–Trinajstić information content (AvgIpc) is 2.68. The van der Waals surface area contributed by atoms with E-state index in [-0.39, 0.29) is 5.91 Å². The zero-order valence-electron chi connectivity index (χ0n) is 15.5. The first-order valence-corrected chi connectivity index (χ1v) is 9.44. The molecule has 0 radical (unpaired) electrons. The molecule has 0 saturated heterocycles. The topological polar surface area (TPSA) is 85.6 Å². The van der Waals surface area contributed by atoms with E-state index in [9.17, 15) is 4.79 Å². The van der Waals surface area contributed by atoms with Gasteiger partial charge in [-0.1, -0.05) is 30.3 Å². The minimum absolute atomic E-state index is 0.147. The SMILES string of the molecule is NCCCNCCCNC(=O)c1cccc2c1OCc1ccccc1CO2. The lowest BCUT2D eigenvalue weighted by Crippen LogP contribution is -2.28. The second-order valence-corrected chi connectivity index (χ2v) is 6.48. The number of hydrogen-bond acceptors (Lipinski definition) is 5. The number of amides is 1. The highest BCUT2D eigenvalue weighted by Gasteiger charge is 2.20. The maximum absolute atomic E-state index is 12.6. The van der Waals surface area contributed by atoms with Gasteiger partial charge in [0.15, 0.2) is 11.5 Å². The Morgan fingerprint density at radius 1 is 0.926 bits per heavy atom. The Labute approximate surface area is 160 Å². The third-order valence-corrected chi connectivity index (χ3v) is 4.47. The third kappa shape index (κ3) is 5.21. The molecule has 1 amide bonds. The number of carbonyl (C=O) groups is 1. The molecule has 2 aromatic rings. The van der Waals surface area contributed by atoms with Crippen LogP contribution >= 0.6 is 0 Å². The number of nitrogens with two attached hydrogens (primary N) is 1. The first kappa shape index (κ1) is 19.2. The molecular formula is C21H27N3O3. The van der Waals surface area contributed by atoms with Gasteiger partial charge in [0.25, 0.3) is 5.91 Å². The molecule has 0 saturated carbocycles. The highest BCUT2D eigenvalue weighted by atomic mass is 16.5. The number of ether oxygens (including phenoxy) is 2. The lowest BCUT2D eigenvalue weighted by atomic mass is 10.1. The van der Waals surface area contributed by atoms with Gasteiger partial charge in [-0.25, -0.2) is 0 Å². The van der Waals surface area contributed by atoms with E-state index in [1.54, 1.807) is 6.07 Å². The van der Waals surface area contributed by atoms with Crippen LogP contribution in [0.1, 0.15) is 34.3 Å². The van der Waals surface area contributed by atoms with E-state index >= 15 is 0 Å². The predicted octanol–water partition coefficient (Wildman–Crippen LogP) is 2.22. The zero-order chi connectivity index (χ0) is 18.9. The summed E-state index contributed by atoms with van der Waals surface area (Å²) in [5.74, 6) is 0.956. The van der Waals surface area contributed by atoms with Crippen molar-refractivity contribution in [2.45, 2.75) is 26.1 Å². The van der Waals surface area contributed by atoms with Crippen LogP contribution < -0.4 is 25.8 Å². The summed E-state index contributed by atoms with van der Waals surface area (Å²) in [6.45, 7) is 3.93. The molecule has 0 aromatic heterocycles. The fraction of sp³-hybridized carbons (Fsp3) is 0.381. The van der Waals surface area contributed by atoms with Gasteiger partial charge in [-0.05, 0) is 55.7 Å². The molecule has 4 N–H and O–H groups in total. The molecule has 0 fully saturated rings. The van der Waals surface area contributed by atoms with Crippen LogP contribution in [0.3, 0.4) is 0 Å². The van der Waals surface area contributed by atoms with E-state index in [1.807, 2.05) is 36.4 Å². The molecule has 1 aliphatic heterocycles. The highest BCUT2D eigenvalue weighted by Crippen LogP contribution is 2.34. The van der Waals surface area contributed by atoms with Crippen LogP contribution in [0.2, 0.25) is 0 Å². The van der Waals surface area contributed by atoms with Crippen LogP contribution in [-0.4, -0.2) is 32.1 Å². The molecule has 2 aromatic carbocycles. The van der Waals surface area contributed by atoms with Crippen LogP contribution in [0.15, 0.2) is 42.5 Å². The minimum atomic E-state index is -0.147. The summed E-state index contributed by atoms with van der Waals surface area (Å²) < 4.78 is 11.9. The Balaban J connectivity index is 1.59. The molecule has 0 aliphatic carbocycles. The molecule has 144 valence electrons. The Morgan fingerprint density at radius 2 is 1.67 bits per heavy atom. The summed E-state index contributed by atoms with van der Waals surface area (Å²) in [4.78, 5) is 12.6. The average molecular weight is 369 g/mol. The number of carbonyl (C=O) groups excluding carboxylic acids is 1. The molecule has 6 heteroatoms. The smallest absolute Gasteiger partial charge is 0.255 e. The van der Waals surface area contributed by atoms with Gasteiger partial charge in [-0.15, -0.1) is 0 Å². The molecule has 0 unspecified atom stereocenters. The normalized spacial score (nSPS) is 12.6. The quantitative estimate of drug-likeness (QED) is 0.621. The van der Waals surface area contributed by atoms with Gasteiger partial charge in [0.2, 0.25) is 0 Å². The third-order valence-electron chi connectivity index (χ3n) is 4.47. The molecule has 3 rings (SSSR count). The van der Waals surface area contributed by atoms with Crippen molar-refractivity contribution in [3.8, 4) is 11.5 Å². The van der Waals surface area contributed by atoms with E-state index in [1.165, 1.54) is 0 Å². The van der Waals surface area contributed by atoms with Gasteiger partial charge >= 0.3 is 0 Å². The zero-order valence-corrected chi connectivity index (χ0v) is 15.5. The molecule has 27 heavy (non-hydrogen) atoms. The van der Waals surface area contributed by atoms with Gasteiger partial charge in [0, 0.05) is 6.54 Å². The van der Waals surface area contributed by atoms with Crippen LogP contribution in [0, 0.1) is 0 Å². The maximum Gasteiger partial charge on any atom is 0.255 e. The molecule has 6 nitrogen and oxygen atoms in total. The van der Waals surface area contributed by atoms with Crippen LogP contribution in [-0.2, 0) is 13.2 Å². The van der Waals surface area contributed by atoms with Gasteiger partial charge in [0.05, 0.1) is 5.56 Å². The van der Waals surface area contributed by atoms with Crippen molar-refractivity contribution < 1.29 is 14.3 Å². The van der Waals surface area contributed by atoms with E-state index in [0.29, 0.717) is 43.4 Å². The Kier molecular flexibility index (Phi) is 7.07. The van der Waals surface area contributed by atoms with E-state index in [2.05, 4.69) is 10.6 Å². The summed E-state index contributed by atoms with van der Waals surface area (Å²) in [7, 11) is 0. The fourth-order valence-corrected chi connectivity index (χ4v) is 2.96. The summed E-state index contributed by atoms with van der Waals surface area (Å²) in [6.07, 6.45) is 1.82. The number of fused-ring (bicyclic) bond motifs is 2. The van der Waals surface area contributed by atoms with Crippen molar-refractivity contribution in [2.24, 2.45) is 5.73 Å². The second kappa shape index (κ2) is 9.94. The first-order valence-electron chi connectivity index (χ1n) is 9.44. The van der Waals surface area contributed by atoms with E-state index < -0.39 is 0 Å². The Hall–Kier alpha value is -2.57. The monoisotopic (exact) mass is 369 g/mol. The van der Waals surface area contributed by atoms with E-state index in [4.69, 9.17) is 15.2 Å². The van der Waals surface area contributed by atoms with Gasteiger partial charge in [-0.2, -0.15) is 0 Å². The lowest BCUT2D eigenvalue weighted by molar-refractivity contribution is 0.0947. The molecule has 0 spiro atoms. The summed E-state index contributed by atoms with van der Waals surface area (Å²) in [6, 6.07) is 13.4. The first-order chi connectivity index (χ1) is 13.3. The summed E-state index contributed by atoms with van der Waals surface area (Å²) >= 11 is 0. The minimum Gasteiger partial charge on any atom is -0.485 e. The molecule has 0 atom stereocenters. The Bertz CT molecular complexity index is 764. The van der Waals surface area contributed by atoms with Crippen molar-refractivity contribution in [2.75, 3.05) is 26.2 Å². The van der Waals surface area contributed by atoms with Gasteiger partial charge in [-0.3, -0.25) is 4.79 Å². The molecule has 1 heterocycles. The largest absolute Gasteiger partial charge is 0.485 e. The number of para-hydroxylation sites is 1. The maximum atomic E-state index is 12.6. The number of hydrogen-bond donors (Lipinski definition) is 3. The Morgan fingerprint density at radius 3 is 2.44 bits per heavy atom. The summed E-state index contributed by atoms with van der Waals surface area (Å²) in [5, 5.41) is 6.25. The van der Waals surface area contributed by atoms with Gasteiger partial charge in [0.1, 0.15) is 13.2 Å². The number of benzene rings is 2. The molecule has 1 aliphatic rings. The van der Waals surface area contributed by atoms with Crippen molar-refractivity contribution in [1.29, 1.82) is 0 Å². The second-order valence-electron chi connectivity index (χ2n) is 6.48. The standard InChI is InChI=1S/C21H27N3O3/c22-10-4-11-23-12-5-13-24-21(25)18-8-3-9-19-20(18)27-15-17-7-2-1-6-16(17)14-26-19/h1-3,6-9,23H,4-5,10-15,22H2,(H,24,25). The van der Waals surface area contributed by atoms with Crippen LogP contribution in [0.5, 0.6) is 11.5 Å². The number of rotatable bonds is 8. The van der Waals surface area contributed by atoms with Crippen molar-refractivity contribution in [3.05, 3.63) is 59.2 Å². The molecular weight excluding hydrogens is 342 g/mol. The highest BCUT2D eigenvalue weighted by molar-refractivity contribution is 5.97. The van der Waals surface area contributed by atoms with Crippen molar-refractivity contribution in [3.63, 3.8) is 0 Å². The van der Waals surface area contributed by atoms with Crippen LogP contribution in [0.4, 0.5) is 0 Å².